The maximum Gasteiger partial charge on any atom is 0.336 e. The molecule has 0 radical (unpaired) electrons. The van der Waals surface area contributed by atoms with Gasteiger partial charge in [-0.3, -0.25) is 0 Å². The van der Waals surface area contributed by atoms with Gasteiger partial charge in [0.05, 0.1) is 26.2 Å². The highest BCUT2D eigenvalue weighted by Gasteiger charge is 2.23. The van der Waals surface area contributed by atoms with Crippen molar-refractivity contribution in [1.82, 2.24) is 0 Å². The summed E-state index contributed by atoms with van der Waals surface area (Å²) in [6.45, 7) is 6.15. The number of aliphatic hydroxyl groups is 1. The predicted molar refractivity (Wildman–Crippen MR) is 113 cm³/mol. The quantitative estimate of drug-likeness (QED) is 0.598. The van der Waals surface area contributed by atoms with Gasteiger partial charge in [-0.15, -0.1) is 0 Å². The van der Waals surface area contributed by atoms with Gasteiger partial charge in [0.1, 0.15) is 36.4 Å². The van der Waals surface area contributed by atoms with Crippen LogP contribution in [0.25, 0.3) is 11.0 Å². The standard InChI is InChI=1S/C23H25FN2O4/c1-16-12-23(28)30-22-13-20(6-7-21(16)22)29-15-19(27)14-25-8-10-26(11-9-25)18-4-2-17(24)3-5-18/h2-7,12-13,19,27H,8-11,14-15H2,1H3/p+1/t19-/m1/s1. The van der Waals surface area contributed by atoms with Gasteiger partial charge in [0.2, 0.25) is 0 Å². The summed E-state index contributed by atoms with van der Waals surface area (Å²) in [6.07, 6.45) is -0.599. The van der Waals surface area contributed by atoms with E-state index >= 15 is 0 Å². The molecule has 4 rings (SSSR count). The number of piperazine rings is 1. The lowest BCUT2D eigenvalue weighted by Gasteiger charge is -2.34. The van der Waals surface area contributed by atoms with Crippen LogP contribution in [0.15, 0.2) is 57.7 Å². The van der Waals surface area contributed by atoms with Gasteiger partial charge in [0.15, 0.2) is 0 Å². The fraction of sp³-hybridized carbons (Fsp3) is 0.348. The summed E-state index contributed by atoms with van der Waals surface area (Å²) in [4.78, 5) is 15.1. The molecule has 0 aliphatic carbocycles. The fourth-order valence-corrected chi connectivity index (χ4v) is 3.92. The minimum absolute atomic E-state index is 0.173. The normalized spacial score (nSPS) is 16.0. The average Bonchev–Trinajstić information content (AvgIpc) is 2.73. The number of hydrogen-bond acceptors (Lipinski definition) is 5. The Morgan fingerprint density at radius 1 is 1.17 bits per heavy atom. The van der Waals surface area contributed by atoms with E-state index in [2.05, 4.69) is 4.90 Å². The summed E-state index contributed by atoms with van der Waals surface area (Å²) in [7, 11) is 0. The number of ether oxygens (including phenoxy) is 1. The summed E-state index contributed by atoms with van der Waals surface area (Å²) >= 11 is 0. The van der Waals surface area contributed by atoms with Crippen LogP contribution in [0, 0.1) is 12.7 Å². The van der Waals surface area contributed by atoms with Crippen LogP contribution in [0.4, 0.5) is 10.1 Å². The van der Waals surface area contributed by atoms with Crippen LogP contribution < -0.4 is 20.2 Å². The second-order valence-electron chi connectivity index (χ2n) is 7.79. The van der Waals surface area contributed by atoms with Gasteiger partial charge in [-0.25, -0.2) is 9.18 Å². The molecule has 158 valence electrons. The van der Waals surface area contributed by atoms with Crippen LogP contribution in [0.5, 0.6) is 5.75 Å². The zero-order chi connectivity index (χ0) is 21.1. The lowest BCUT2D eigenvalue weighted by atomic mass is 10.1. The molecule has 3 aromatic rings. The first kappa shape index (κ1) is 20.4. The molecule has 1 aliphatic heterocycles. The molecule has 0 bridgehead atoms. The molecular formula is C23H26FN2O4+. The minimum atomic E-state index is -0.599. The van der Waals surface area contributed by atoms with Crippen molar-refractivity contribution in [2.24, 2.45) is 0 Å². The zero-order valence-electron chi connectivity index (χ0n) is 16.9. The van der Waals surface area contributed by atoms with Crippen LogP contribution in [0.1, 0.15) is 5.56 Å². The molecule has 0 unspecified atom stereocenters. The molecule has 2 heterocycles. The summed E-state index contributed by atoms with van der Waals surface area (Å²) in [6, 6.07) is 13.4. The van der Waals surface area contributed by atoms with E-state index in [9.17, 15) is 14.3 Å². The number of aryl methyl sites for hydroxylation is 1. The van der Waals surface area contributed by atoms with E-state index in [1.165, 1.54) is 23.1 Å². The summed E-state index contributed by atoms with van der Waals surface area (Å²) in [5.74, 6) is 0.334. The van der Waals surface area contributed by atoms with Gasteiger partial charge in [-0.05, 0) is 48.9 Å². The fourth-order valence-electron chi connectivity index (χ4n) is 3.92. The third-order valence-electron chi connectivity index (χ3n) is 5.55. The van der Waals surface area contributed by atoms with Gasteiger partial charge >= 0.3 is 5.63 Å². The molecule has 0 saturated carbocycles. The molecule has 2 aromatic carbocycles. The highest BCUT2D eigenvalue weighted by Crippen LogP contribution is 2.22. The first-order valence-electron chi connectivity index (χ1n) is 10.2. The van der Waals surface area contributed by atoms with Gasteiger partial charge in [-0.1, -0.05) is 0 Å². The van der Waals surface area contributed by atoms with E-state index in [4.69, 9.17) is 9.15 Å². The molecule has 1 fully saturated rings. The van der Waals surface area contributed by atoms with E-state index in [0.717, 1.165) is 42.8 Å². The van der Waals surface area contributed by atoms with Crippen molar-refractivity contribution < 1.29 is 23.6 Å². The Morgan fingerprint density at radius 3 is 2.63 bits per heavy atom. The van der Waals surface area contributed by atoms with Crippen LogP contribution in [-0.4, -0.2) is 50.5 Å². The van der Waals surface area contributed by atoms with Crippen LogP contribution in [0.2, 0.25) is 0 Å². The highest BCUT2D eigenvalue weighted by molar-refractivity contribution is 5.81. The van der Waals surface area contributed by atoms with E-state index in [-0.39, 0.29) is 18.0 Å². The monoisotopic (exact) mass is 413 g/mol. The Hall–Kier alpha value is -2.90. The number of halogens is 1. The van der Waals surface area contributed by atoms with Crippen molar-refractivity contribution in [3.05, 3.63) is 70.3 Å². The summed E-state index contributed by atoms with van der Waals surface area (Å²) in [5, 5.41) is 11.3. The Balaban J connectivity index is 1.27. The first-order chi connectivity index (χ1) is 14.5. The smallest absolute Gasteiger partial charge is 0.336 e. The lowest BCUT2D eigenvalue weighted by molar-refractivity contribution is -0.903. The number of nitrogens with one attached hydrogen (secondary N) is 1. The average molecular weight is 413 g/mol. The Kier molecular flexibility index (Phi) is 6.01. The summed E-state index contributed by atoms with van der Waals surface area (Å²) in [5.41, 5.74) is 1.98. The van der Waals surface area contributed by atoms with Crippen molar-refractivity contribution >= 4 is 16.7 Å². The Labute approximate surface area is 174 Å². The second kappa shape index (κ2) is 8.85. The molecule has 1 aromatic heterocycles. The van der Waals surface area contributed by atoms with Gasteiger partial charge in [0, 0.05) is 23.2 Å². The van der Waals surface area contributed by atoms with E-state index < -0.39 is 6.10 Å². The van der Waals surface area contributed by atoms with Crippen molar-refractivity contribution in [3.8, 4) is 5.75 Å². The van der Waals surface area contributed by atoms with E-state index in [1.54, 1.807) is 18.2 Å². The van der Waals surface area contributed by atoms with Crippen molar-refractivity contribution in [1.29, 1.82) is 0 Å². The molecule has 1 saturated heterocycles. The van der Waals surface area contributed by atoms with E-state index in [0.29, 0.717) is 17.9 Å². The molecular weight excluding hydrogens is 387 g/mol. The van der Waals surface area contributed by atoms with Crippen molar-refractivity contribution in [2.75, 3.05) is 44.2 Å². The van der Waals surface area contributed by atoms with Crippen LogP contribution in [-0.2, 0) is 0 Å². The van der Waals surface area contributed by atoms with Crippen molar-refractivity contribution in [2.45, 2.75) is 13.0 Å². The number of aliphatic hydroxyl groups excluding tert-OH is 1. The highest BCUT2D eigenvalue weighted by atomic mass is 19.1. The number of fused-ring (bicyclic) bond motifs is 1. The van der Waals surface area contributed by atoms with Gasteiger partial charge in [-0.2, -0.15) is 0 Å². The van der Waals surface area contributed by atoms with Crippen LogP contribution in [0.3, 0.4) is 0 Å². The zero-order valence-corrected chi connectivity index (χ0v) is 16.9. The van der Waals surface area contributed by atoms with E-state index in [1.807, 2.05) is 19.1 Å². The minimum Gasteiger partial charge on any atom is -0.491 e. The molecule has 30 heavy (non-hydrogen) atoms. The predicted octanol–water partition coefficient (Wildman–Crippen LogP) is 1.39. The second-order valence-corrected chi connectivity index (χ2v) is 7.79. The number of hydrogen-bond donors (Lipinski definition) is 2. The molecule has 0 spiro atoms. The van der Waals surface area contributed by atoms with Gasteiger partial charge in [0.25, 0.3) is 0 Å². The van der Waals surface area contributed by atoms with Crippen LogP contribution >= 0.6 is 0 Å². The first-order valence-corrected chi connectivity index (χ1v) is 10.2. The third-order valence-corrected chi connectivity index (χ3v) is 5.55. The Bertz CT molecular complexity index is 1060. The lowest BCUT2D eigenvalue weighted by Crippen LogP contribution is -3.16. The SMILES string of the molecule is Cc1cc(=O)oc2cc(OC[C@H](O)C[NH+]3CCN(c4ccc(F)cc4)CC3)ccc12. The molecule has 1 aliphatic rings. The number of anilines is 1. The molecule has 0 amide bonds. The molecule has 6 nitrogen and oxygen atoms in total. The number of nitrogens with zero attached hydrogens (tertiary/aromatic N) is 1. The maximum absolute atomic E-state index is 13.1. The number of quaternary nitrogens is 1. The van der Waals surface area contributed by atoms with Crippen molar-refractivity contribution in [3.63, 3.8) is 0 Å². The third kappa shape index (κ3) is 4.80. The number of rotatable bonds is 6. The maximum atomic E-state index is 13.1. The largest absolute Gasteiger partial charge is 0.491 e. The Morgan fingerprint density at radius 2 is 1.90 bits per heavy atom. The molecule has 7 heteroatoms. The summed E-state index contributed by atoms with van der Waals surface area (Å²) < 4.78 is 24.0. The topological polar surface area (TPSA) is 67.3 Å². The van der Waals surface area contributed by atoms with Gasteiger partial charge < -0.3 is 24.1 Å². The molecule has 2 N–H and O–H groups in total. The number of benzene rings is 2. The molecule has 1 atom stereocenters.